The molecule has 2 aromatic rings. The lowest BCUT2D eigenvalue weighted by atomic mass is 10.2. The molecular formula is C17H19ClN4O2. The van der Waals surface area contributed by atoms with E-state index in [9.17, 15) is 9.59 Å². The average Bonchev–Trinajstić information content (AvgIpc) is 2.59. The van der Waals surface area contributed by atoms with E-state index in [1.165, 1.54) is 17.3 Å². The molecule has 0 unspecified atom stereocenters. The van der Waals surface area contributed by atoms with Crippen molar-refractivity contribution in [1.29, 1.82) is 0 Å². The van der Waals surface area contributed by atoms with E-state index in [1.54, 1.807) is 19.1 Å². The molecule has 0 aliphatic carbocycles. The standard InChI is InChI=1S/C17H19ClN4O2/c1-3-22(17(24)15-10-19-12(2)8-20-15)11-16(23)21-9-13-4-6-14(18)7-5-13/h4-8,10H,3,9,11H2,1-2H3,(H,21,23). The molecule has 2 rings (SSSR count). The third kappa shape index (κ3) is 5.03. The minimum Gasteiger partial charge on any atom is -0.350 e. The van der Waals surface area contributed by atoms with Crippen LogP contribution in [0.1, 0.15) is 28.7 Å². The summed E-state index contributed by atoms with van der Waals surface area (Å²) in [6.45, 7) is 4.36. The number of nitrogens with one attached hydrogen (secondary N) is 1. The van der Waals surface area contributed by atoms with Gasteiger partial charge in [-0.3, -0.25) is 14.6 Å². The van der Waals surface area contributed by atoms with E-state index in [0.717, 1.165) is 11.3 Å². The largest absolute Gasteiger partial charge is 0.350 e. The zero-order valence-electron chi connectivity index (χ0n) is 13.6. The number of halogens is 1. The predicted molar refractivity (Wildman–Crippen MR) is 91.6 cm³/mol. The van der Waals surface area contributed by atoms with E-state index in [0.29, 0.717) is 18.1 Å². The molecule has 0 spiro atoms. The first kappa shape index (κ1) is 17.9. The molecule has 0 atom stereocenters. The van der Waals surface area contributed by atoms with Gasteiger partial charge in [0.15, 0.2) is 0 Å². The van der Waals surface area contributed by atoms with Crippen LogP contribution < -0.4 is 5.32 Å². The topological polar surface area (TPSA) is 75.2 Å². The molecule has 2 amide bonds. The van der Waals surface area contributed by atoms with Gasteiger partial charge >= 0.3 is 0 Å². The maximum Gasteiger partial charge on any atom is 0.274 e. The van der Waals surface area contributed by atoms with Crippen LogP contribution in [0.15, 0.2) is 36.7 Å². The van der Waals surface area contributed by atoms with E-state index in [1.807, 2.05) is 19.1 Å². The third-order valence-electron chi connectivity index (χ3n) is 3.41. The van der Waals surface area contributed by atoms with E-state index in [2.05, 4.69) is 15.3 Å². The zero-order valence-corrected chi connectivity index (χ0v) is 14.4. The number of aryl methyl sites for hydroxylation is 1. The first-order chi connectivity index (χ1) is 11.5. The van der Waals surface area contributed by atoms with Crippen LogP contribution in [0.5, 0.6) is 0 Å². The lowest BCUT2D eigenvalue weighted by molar-refractivity contribution is -0.121. The van der Waals surface area contributed by atoms with Crippen molar-refractivity contribution < 1.29 is 9.59 Å². The van der Waals surface area contributed by atoms with E-state index >= 15 is 0 Å². The Hall–Kier alpha value is -2.47. The number of hydrogen-bond donors (Lipinski definition) is 1. The number of rotatable bonds is 6. The Morgan fingerprint density at radius 1 is 1.17 bits per heavy atom. The quantitative estimate of drug-likeness (QED) is 0.870. The highest BCUT2D eigenvalue weighted by molar-refractivity contribution is 6.30. The van der Waals surface area contributed by atoms with Crippen molar-refractivity contribution in [3.8, 4) is 0 Å². The number of amides is 2. The van der Waals surface area contributed by atoms with Gasteiger partial charge < -0.3 is 10.2 Å². The summed E-state index contributed by atoms with van der Waals surface area (Å²) >= 11 is 5.82. The van der Waals surface area contributed by atoms with E-state index in [-0.39, 0.29) is 24.1 Å². The SMILES string of the molecule is CCN(CC(=O)NCc1ccc(Cl)cc1)C(=O)c1cnc(C)cn1. The van der Waals surface area contributed by atoms with Crippen LogP contribution in [0.25, 0.3) is 0 Å². The summed E-state index contributed by atoms with van der Waals surface area (Å²) in [5, 5.41) is 3.43. The van der Waals surface area contributed by atoms with Crippen molar-refractivity contribution in [1.82, 2.24) is 20.2 Å². The molecule has 126 valence electrons. The number of likely N-dealkylation sites (N-methyl/N-ethyl adjacent to an activating group) is 1. The van der Waals surface area contributed by atoms with Gasteiger partial charge in [0.25, 0.3) is 5.91 Å². The molecule has 24 heavy (non-hydrogen) atoms. The highest BCUT2D eigenvalue weighted by atomic mass is 35.5. The van der Waals surface area contributed by atoms with Crippen molar-refractivity contribution in [3.05, 3.63) is 58.6 Å². The third-order valence-corrected chi connectivity index (χ3v) is 3.66. The minimum absolute atomic E-state index is 0.0293. The molecule has 0 aliphatic rings. The van der Waals surface area contributed by atoms with Crippen molar-refractivity contribution in [3.63, 3.8) is 0 Å². The van der Waals surface area contributed by atoms with Crippen LogP contribution in [0.4, 0.5) is 0 Å². The summed E-state index contributed by atoms with van der Waals surface area (Å²) in [6, 6.07) is 7.21. The maximum atomic E-state index is 12.4. The fraction of sp³-hybridized carbons (Fsp3) is 0.294. The highest BCUT2D eigenvalue weighted by Gasteiger charge is 2.18. The fourth-order valence-corrected chi connectivity index (χ4v) is 2.15. The van der Waals surface area contributed by atoms with Crippen LogP contribution in [0.2, 0.25) is 5.02 Å². The van der Waals surface area contributed by atoms with Gasteiger partial charge in [-0.2, -0.15) is 0 Å². The smallest absolute Gasteiger partial charge is 0.274 e. The molecule has 0 radical (unpaired) electrons. The van der Waals surface area contributed by atoms with Crippen molar-refractivity contribution in [2.75, 3.05) is 13.1 Å². The van der Waals surface area contributed by atoms with Crippen LogP contribution in [-0.2, 0) is 11.3 Å². The average molecular weight is 347 g/mol. The van der Waals surface area contributed by atoms with Gasteiger partial charge in [-0.15, -0.1) is 0 Å². The van der Waals surface area contributed by atoms with Crippen LogP contribution in [0.3, 0.4) is 0 Å². The zero-order chi connectivity index (χ0) is 17.5. The molecular weight excluding hydrogens is 328 g/mol. The predicted octanol–water partition coefficient (Wildman–Crippen LogP) is 2.22. The molecule has 0 saturated heterocycles. The molecule has 1 aromatic carbocycles. The molecule has 1 heterocycles. The summed E-state index contributed by atoms with van der Waals surface area (Å²) in [7, 11) is 0. The summed E-state index contributed by atoms with van der Waals surface area (Å²) < 4.78 is 0. The van der Waals surface area contributed by atoms with Crippen molar-refractivity contribution in [2.45, 2.75) is 20.4 Å². The summed E-state index contributed by atoms with van der Waals surface area (Å²) in [6.07, 6.45) is 2.95. The Bertz CT molecular complexity index is 702. The lowest BCUT2D eigenvalue weighted by Gasteiger charge is -2.19. The Morgan fingerprint density at radius 2 is 1.88 bits per heavy atom. The maximum absolute atomic E-state index is 12.4. The fourth-order valence-electron chi connectivity index (χ4n) is 2.02. The molecule has 1 N–H and O–H groups in total. The first-order valence-corrected chi connectivity index (χ1v) is 7.96. The highest BCUT2D eigenvalue weighted by Crippen LogP contribution is 2.09. The number of benzene rings is 1. The summed E-state index contributed by atoms with van der Waals surface area (Å²) in [5.74, 6) is -0.549. The second-order valence-electron chi connectivity index (χ2n) is 5.27. The number of hydrogen-bond acceptors (Lipinski definition) is 4. The van der Waals surface area contributed by atoms with Gasteiger partial charge in [0.05, 0.1) is 18.4 Å². The van der Waals surface area contributed by atoms with Gasteiger partial charge in [0, 0.05) is 24.3 Å². The molecule has 0 fully saturated rings. The summed E-state index contributed by atoms with van der Waals surface area (Å²) in [5.41, 5.74) is 1.90. The van der Waals surface area contributed by atoms with Gasteiger partial charge in [-0.1, -0.05) is 23.7 Å². The monoisotopic (exact) mass is 346 g/mol. The van der Waals surface area contributed by atoms with Crippen LogP contribution >= 0.6 is 11.6 Å². The number of carbonyl (C=O) groups is 2. The molecule has 0 bridgehead atoms. The summed E-state index contributed by atoms with van der Waals surface area (Å²) in [4.78, 5) is 34.0. The van der Waals surface area contributed by atoms with Gasteiger partial charge in [-0.05, 0) is 31.5 Å². The normalized spacial score (nSPS) is 10.3. The van der Waals surface area contributed by atoms with Crippen molar-refractivity contribution >= 4 is 23.4 Å². The Labute approximate surface area is 145 Å². The Morgan fingerprint density at radius 3 is 2.46 bits per heavy atom. The number of aromatic nitrogens is 2. The van der Waals surface area contributed by atoms with Crippen molar-refractivity contribution in [2.24, 2.45) is 0 Å². The molecule has 7 heteroatoms. The lowest BCUT2D eigenvalue weighted by Crippen LogP contribution is -2.40. The molecule has 6 nitrogen and oxygen atoms in total. The molecule has 1 aromatic heterocycles. The molecule has 0 aliphatic heterocycles. The van der Waals surface area contributed by atoms with Gasteiger partial charge in [0.2, 0.25) is 5.91 Å². The van der Waals surface area contributed by atoms with Gasteiger partial charge in [-0.25, -0.2) is 4.98 Å². The van der Waals surface area contributed by atoms with Crippen LogP contribution in [-0.4, -0.2) is 39.8 Å². The second kappa shape index (κ2) is 8.40. The van der Waals surface area contributed by atoms with E-state index < -0.39 is 0 Å². The number of nitrogens with zero attached hydrogens (tertiary/aromatic N) is 3. The Kier molecular flexibility index (Phi) is 6.26. The minimum atomic E-state index is -0.313. The Balaban J connectivity index is 1.91. The van der Waals surface area contributed by atoms with Gasteiger partial charge in [0.1, 0.15) is 5.69 Å². The molecule has 0 saturated carbocycles. The first-order valence-electron chi connectivity index (χ1n) is 7.58. The number of carbonyl (C=O) groups excluding carboxylic acids is 2. The van der Waals surface area contributed by atoms with E-state index in [4.69, 9.17) is 11.6 Å². The van der Waals surface area contributed by atoms with Crippen LogP contribution in [0, 0.1) is 6.92 Å². The second-order valence-corrected chi connectivity index (χ2v) is 5.70.